The number of carbonyl (C=O) groups excluding carboxylic acids is 2. The number of benzene rings is 2. The maximum Gasteiger partial charge on any atom is 0.306 e. The molecule has 2 aromatic rings. The third-order valence-corrected chi connectivity index (χ3v) is 10.6. The van der Waals surface area contributed by atoms with Crippen LogP contribution >= 0.6 is 0 Å². The Morgan fingerprint density at radius 1 is 0.472 bits per heavy atom. The lowest BCUT2D eigenvalue weighted by Crippen LogP contribution is -2.12. The van der Waals surface area contributed by atoms with E-state index in [9.17, 15) is 18.0 Å². The highest BCUT2D eigenvalue weighted by molar-refractivity contribution is 7.91. The summed E-state index contributed by atoms with van der Waals surface area (Å²) < 4.78 is 48.1. The third-order valence-electron chi connectivity index (χ3n) is 8.81. The minimum atomic E-state index is -3.75. The van der Waals surface area contributed by atoms with Gasteiger partial charge in [-0.05, 0) is 87.1 Å². The van der Waals surface area contributed by atoms with E-state index in [1.54, 1.807) is 24.3 Å². The van der Waals surface area contributed by atoms with E-state index in [1.807, 2.05) is 12.2 Å². The lowest BCUT2D eigenvalue weighted by molar-refractivity contribution is -0.145. The van der Waals surface area contributed by atoms with Crippen LogP contribution < -0.4 is 9.47 Å². The number of unbranched alkanes of at least 4 members (excludes halogenated alkanes) is 14. The number of sulfone groups is 1. The van der Waals surface area contributed by atoms with Crippen molar-refractivity contribution in [1.82, 2.24) is 0 Å². The van der Waals surface area contributed by atoms with Crippen LogP contribution in [0.2, 0.25) is 0 Å². The Morgan fingerprint density at radius 2 is 0.811 bits per heavy atom. The van der Waals surface area contributed by atoms with Crippen molar-refractivity contribution in [3.05, 3.63) is 72.8 Å². The van der Waals surface area contributed by atoms with Crippen LogP contribution in [0.15, 0.2) is 82.6 Å². The molecular weight excluding hydrogens is 689 g/mol. The largest absolute Gasteiger partial charge is 0.490 e. The molecule has 2 aromatic carbocycles. The van der Waals surface area contributed by atoms with Crippen molar-refractivity contribution in [2.75, 3.05) is 26.4 Å². The van der Waals surface area contributed by atoms with Gasteiger partial charge in [0.25, 0.3) is 0 Å². The van der Waals surface area contributed by atoms with Crippen molar-refractivity contribution in [2.24, 2.45) is 0 Å². The number of rotatable bonds is 32. The maximum atomic E-state index is 13.2. The van der Waals surface area contributed by atoms with Crippen molar-refractivity contribution < 1.29 is 37.0 Å². The summed E-state index contributed by atoms with van der Waals surface area (Å²) in [6, 6.07) is 12.3. The lowest BCUT2D eigenvalue weighted by atomic mass is 10.1. The molecule has 0 amide bonds. The van der Waals surface area contributed by atoms with Gasteiger partial charge in [0.2, 0.25) is 9.84 Å². The monoisotopic (exact) mass is 754 g/mol. The molecule has 296 valence electrons. The van der Waals surface area contributed by atoms with Crippen molar-refractivity contribution in [1.29, 1.82) is 0 Å². The molecule has 0 aliphatic rings. The van der Waals surface area contributed by atoms with E-state index in [4.69, 9.17) is 18.9 Å². The van der Waals surface area contributed by atoms with E-state index in [0.29, 0.717) is 37.2 Å². The van der Waals surface area contributed by atoms with E-state index >= 15 is 0 Å². The molecule has 0 aliphatic carbocycles. The summed E-state index contributed by atoms with van der Waals surface area (Å²) in [5.41, 5.74) is 0. The molecule has 0 unspecified atom stereocenters. The van der Waals surface area contributed by atoms with Gasteiger partial charge in [-0.1, -0.05) is 115 Å². The number of hydrogen-bond donors (Lipinski definition) is 0. The van der Waals surface area contributed by atoms with E-state index in [0.717, 1.165) is 12.8 Å². The zero-order valence-corrected chi connectivity index (χ0v) is 33.4. The molecule has 0 spiro atoms. The van der Waals surface area contributed by atoms with E-state index in [-0.39, 0.29) is 48.2 Å². The van der Waals surface area contributed by atoms with Gasteiger partial charge < -0.3 is 18.9 Å². The molecule has 53 heavy (non-hydrogen) atoms. The molecule has 0 heterocycles. The van der Waals surface area contributed by atoms with Gasteiger partial charge in [0.05, 0.1) is 9.79 Å². The van der Waals surface area contributed by atoms with Gasteiger partial charge >= 0.3 is 11.9 Å². The summed E-state index contributed by atoms with van der Waals surface area (Å²) in [6.07, 6.45) is 30.6. The van der Waals surface area contributed by atoms with Crippen LogP contribution in [0.3, 0.4) is 0 Å². The number of carbonyl (C=O) groups is 2. The summed E-state index contributed by atoms with van der Waals surface area (Å²) >= 11 is 0. The minimum Gasteiger partial charge on any atom is -0.490 e. The number of allylic oxidation sites excluding steroid dienone is 4. The second-order valence-electron chi connectivity index (χ2n) is 13.4. The first kappa shape index (κ1) is 45.6. The van der Waals surface area contributed by atoms with Crippen LogP contribution in [0.4, 0.5) is 0 Å². The maximum absolute atomic E-state index is 13.2. The van der Waals surface area contributed by atoms with Gasteiger partial charge in [0, 0.05) is 12.8 Å². The molecule has 0 saturated carbocycles. The number of hydrogen-bond acceptors (Lipinski definition) is 8. The van der Waals surface area contributed by atoms with Crippen LogP contribution in [-0.2, 0) is 28.9 Å². The Labute approximate surface area is 320 Å². The SMILES string of the molecule is CCCCCCCCC/C=C/CCC(=O)OCCOc1ccc(S(=O)(=O)c2ccc(OCCOC(=O)CC/C=C/CCCCCCCCC)cc2)cc1. The van der Waals surface area contributed by atoms with Gasteiger partial charge in [-0.25, -0.2) is 8.42 Å². The minimum absolute atomic E-state index is 0.120. The highest BCUT2D eigenvalue weighted by atomic mass is 32.2. The second-order valence-corrected chi connectivity index (χ2v) is 15.4. The predicted molar refractivity (Wildman–Crippen MR) is 213 cm³/mol. The smallest absolute Gasteiger partial charge is 0.306 e. The molecule has 0 radical (unpaired) electrons. The Kier molecular flexibility index (Phi) is 25.6. The first-order chi connectivity index (χ1) is 25.9. The van der Waals surface area contributed by atoms with E-state index < -0.39 is 9.84 Å². The molecule has 9 heteroatoms. The zero-order valence-electron chi connectivity index (χ0n) is 32.6. The highest BCUT2D eigenvalue weighted by Gasteiger charge is 2.18. The molecule has 2 rings (SSSR count). The topological polar surface area (TPSA) is 105 Å². The Balaban J connectivity index is 1.57. The number of ether oxygens (including phenoxy) is 4. The molecule has 0 aliphatic heterocycles. The van der Waals surface area contributed by atoms with Crippen LogP contribution in [0, 0.1) is 0 Å². The summed E-state index contributed by atoms with van der Waals surface area (Å²) in [4.78, 5) is 24.3. The van der Waals surface area contributed by atoms with Crippen LogP contribution in [-0.4, -0.2) is 46.8 Å². The van der Waals surface area contributed by atoms with Gasteiger partial charge in [-0.3, -0.25) is 9.59 Å². The van der Waals surface area contributed by atoms with Crippen molar-refractivity contribution in [3.63, 3.8) is 0 Å². The first-order valence-corrected chi connectivity index (χ1v) is 21.7. The third kappa shape index (κ3) is 22.3. The molecule has 0 fully saturated rings. The zero-order chi connectivity index (χ0) is 38.2. The molecule has 0 N–H and O–H groups in total. The Bertz CT molecular complexity index is 1300. The van der Waals surface area contributed by atoms with Gasteiger partial charge in [0.15, 0.2) is 0 Å². The molecular formula is C44H66O8S. The summed E-state index contributed by atoms with van der Waals surface area (Å²) in [7, 11) is -3.75. The summed E-state index contributed by atoms with van der Waals surface area (Å²) in [6.45, 7) is 5.04. The molecule has 0 bridgehead atoms. The molecule has 8 nitrogen and oxygen atoms in total. The van der Waals surface area contributed by atoms with Gasteiger partial charge in [-0.15, -0.1) is 0 Å². The average molecular weight is 755 g/mol. The molecule has 0 atom stereocenters. The molecule has 0 aromatic heterocycles. The van der Waals surface area contributed by atoms with Crippen molar-refractivity contribution in [2.45, 2.75) is 152 Å². The van der Waals surface area contributed by atoms with Gasteiger partial charge in [-0.2, -0.15) is 0 Å². The quantitative estimate of drug-likeness (QED) is 0.0413. The first-order valence-electron chi connectivity index (χ1n) is 20.2. The van der Waals surface area contributed by atoms with Crippen LogP contribution in [0.1, 0.15) is 142 Å². The second kappa shape index (κ2) is 29.8. The van der Waals surface area contributed by atoms with E-state index in [2.05, 4.69) is 26.0 Å². The molecule has 0 saturated heterocycles. The summed E-state index contributed by atoms with van der Waals surface area (Å²) in [5, 5.41) is 0. The highest BCUT2D eigenvalue weighted by Crippen LogP contribution is 2.25. The average Bonchev–Trinajstić information content (AvgIpc) is 3.16. The van der Waals surface area contributed by atoms with Crippen molar-refractivity contribution >= 4 is 21.8 Å². The lowest BCUT2D eigenvalue weighted by Gasteiger charge is -2.10. The Morgan fingerprint density at radius 3 is 1.19 bits per heavy atom. The fraction of sp³-hybridized carbons (Fsp3) is 0.591. The fourth-order valence-corrected chi connectivity index (χ4v) is 6.91. The standard InChI is InChI=1S/C44H66O8S/c1-3-5-7-9-11-13-15-17-19-21-23-25-43(45)51-37-35-49-39-27-31-41(32-28-39)53(47,48)42-33-29-40(30-34-42)50-36-38-52-44(46)26-24-22-20-18-16-14-12-10-8-6-4-2/h19-22,27-34H,3-18,23-26,35-38H2,1-2H3/b21-19+,22-20+. The van der Waals surface area contributed by atoms with Crippen LogP contribution in [0.25, 0.3) is 0 Å². The number of esters is 2. The predicted octanol–water partition coefficient (Wildman–Crippen LogP) is 11.3. The Hall–Kier alpha value is -3.59. The van der Waals surface area contributed by atoms with E-state index in [1.165, 1.54) is 114 Å². The summed E-state index contributed by atoms with van der Waals surface area (Å²) in [5.74, 6) is 0.428. The normalized spacial score (nSPS) is 11.7. The van der Waals surface area contributed by atoms with Crippen LogP contribution in [0.5, 0.6) is 11.5 Å². The van der Waals surface area contributed by atoms with Gasteiger partial charge in [0.1, 0.15) is 37.9 Å². The van der Waals surface area contributed by atoms with Crippen molar-refractivity contribution in [3.8, 4) is 11.5 Å². The fourth-order valence-electron chi connectivity index (χ4n) is 5.65.